The number of ether oxygens (including phenoxy) is 1. The quantitative estimate of drug-likeness (QED) is 0.542. The highest BCUT2D eigenvalue weighted by Crippen LogP contribution is 2.25. The smallest absolute Gasteiger partial charge is 0.338 e. The minimum atomic E-state index is -0.736. The Morgan fingerprint density at radius 3 is 2.42 bits per heavy atom. The van der Waals surface area contributed by atoms with Crippen molar-refractivity contribution in [1.29, 1.82) is 0 Å². The number of aryl methyl sites for hydroxylation is 2. The highest BCUT2D eigenvalue weighted by atomic mass is 16.5. The molecule has 0 radical (unpaired) electrons. The Balaban J connectivity index is 1.64. The first-order valence-corrected chi connectivity index (χ1v) is 10.2. The second kappa shape index (κ2) is 9.12. The standard InChI is InChI=1S/C24H26N2O5/c1-14(2)9-10-26-22(28)18-8-7-17(12-19(18)23(26)29)24(30)31-13-21(27)25-20-11-15(3)5-6-16(20)4/h5-8,11-12,14H,9-10,13H2,1-4H3,(H,25,27). The van der Waals surface area contributed by atoms with Crippen LogP contribution in [0, 0.1) is 19.8 Å². The van der Waals surface area contributed by atoms with Gasteiger partial charge in [0.2, 0.25) is 0 Å². The first-order chi connectivity index (χ1) is 14.7. The molecular formula is C24H26N2O5. The zero-order chi connectivity index (χ0) is 22.7. The van der Waals surface area contributed by atoms with Crippen LogP contribution in [0.1, 0.15) is 62.5 Å². The molecule has 2 aromatic rings. The number of anilines is 1. The number of hydrogen-bond donors (Lipinski definition) is 1. The molecule has 0 atom stereocenters. The molecule has 0 aromatic heterocycles. The maximum absolute atomic E-state index is 12.6. The van der Waals surface area contributed by atoms with Crippen LogP contribution < -0.4 is 5.32 Å². The number of esters is 1. The Hall–Kier alpha value is -3.48. The van der Waals surface area contributed by atoms with Gasteiger partial charge in [0.25, 0.3) is 17.7 Å². The molecule has 1 aliphatic heterocycles. The van der Waals surface area contributed by atoms with E-state index in [1.807, 2.05) is 45.9 Å². The molecule has 1 N–H and O–H groups in total. The van der Waals surface area contributed by atoms with Crippen LogP contribution in [-0.4, -0.2) is 41.7 Å². The molecule has 31 heavy (non-hydrogen) atoms. The molecule has 1 aliphatic rings. The van der Waals surface area contributed by atoms with E-state index in [-0.39, 0.29) is 22.6 Å². The average molecular weight is 422 g/mol. The van der Waals surface area contributed by atoms with Crippen molar-refractivity contribution in [3.05, 3.63) is 64.2 Å². The Labute approximate surface area is 181 Å². The van der Waals surface area contributed by atoms with Crippen molar-refractivity contribution >= 4 is 29.4 Å². The fourth-order valence-electron chi connectivity index (χ4n) is 3.28. The minimum Gasteiger partial charge on any atom is -0.452 e. The number of benzene rings is 2. The summed E-state index contributed by atoms with van der Waals surface area (Å²) in [6.45, 7) is 7.69. The van der Waals surface area contributed by atoms with Crippen LogP contribution in [0.4, 0.5) is 5.69 Å². The number of rotatable bonds is 7. The monoisotopic (exact) mass is 422 g/mol. The molecule has 0 fully saturated rings. The van der Waals surface area contributed by atoms with Crippen molar-refractivity contribution in [2.45, 2.75) is 34.1 Å². The lowest BCUT2D eigenvalue weighted by atomic mass is 10.1. The van der Waals surface area contributed by atoms with E-state index in [4.69, 9.17) is 4.74 Å². The third kappa shape index (κ3) is 4.99. The zero-order valence-corrected chi connectivity index (χ0v) is 18.2. The van der Waals surface area contributed by atoms with Crippen molar-refractivity contribution < 1.29 is 23.9 Å². The number of carbonyl (C=O) groups excluding carboxylic acids is 4. The highest BCUT2D eigenvalue weighted by Gasteiger charge is 2.35. The largest absolute Gasteiger partial charge is 0.452 e. The number of amides is 3. The van der Waals surface area contributed by atoms with Crippen molar-refractivity contribution in [2.24, 2.45) is 5.92 Å². The summed E-state index contributed by atoms with van der Waals surface area (Å²) in [7, 11) is 0. The average Bonchev–Trinajstić information content (AvgIpc) is 2.96. The topological polar surface area (TPSA) is 92.8 Å². The fourth-order valence-corrected chi connectivity index (χ4v) is 3.28. The van der Waals surface area contributed by atoms with Gasteiger partial charge in [-0.3, -0.25) is 19.3 Å². The predicted molar refractivity (Wildman–Crippen MR) is 116 cm³/mol. The molecule has 0 saturated carbocycles. The van der Waals surface area contributed by atoms with E-state index in [1.54, 1.807) is 0 Å². The SMILES string of the molecule is Cc1ccc(C)c(NC(=O)COC(=O)c2ccc3c(c2)C(=O)N(CCC(C)C)C3=O)c1. The Kier molecular flexibility index (Phi) is 6.53. The number of fused-ring (bicyclic) bond motifs is 1. The normalized spacial score (nSPS) is 12.9. The lowest BCUT2D eigenvalue weighted by Gasteiger charge is -2.14. The molecule has 7 heteroatoms. The summed E-state index contributed by atoms with van der Waals surface area (Å²) in [4.78, 5) is 50.9. The fraction of sp³-hybridized carbons (Fsp3) is 0.333. The molecule has 2 aromatic carbocycles. The number of nitrogens with one attached hydrogen (secondary N) is 1. The van der Waals surface area contributed by atoms with Crippen molar-refractivity contribution in [3.8, 4) is 0 Å². The predicted octanol–water partition coefficient (Wildman–Crippen LogP) is 3.74. The van der Waals surface area contributed by atoms with Gasteiger partial charge >= 0.3 is 5.97 Å². The van der Waals surface area contributed by atoms with Crippen molar-refractivity contribution in [3.63, 3.8) is 0 Å². The molecular weight excluding hydrogens is 396 g/mol. The Bertz CT molecular complexity index is 1060. The van der Waals surface area contributed by atoms with E-state index in [1.165, 1.54) is 23.1 Å². The van der Waals surface area contributed by atoms with Crippen molar-refractivity contribution in [2.75, 3.05) is 18.5 Å². The van der Waals surface area contributed by atoms with E-state index in [0.29, 0.717) is 24.6 Å². The lowest BCUT2D eigenvalue weighted by molar-refractivity contribution is -0.119. The van der Waals surface area contributed by atoms with E-state index in [9.17, 15) is 19.2 Å². The van der Waals surface area contributed by atoms with E-state index < -0.39 is 24.4 Å². The van der Waals surface area contributed by atoms with Crippen LogP contribution in [0.15, 0.2) is 36.4 Å². The maximum atomic E-state index is 12.6. The highest BCUT2D eigenvalue weighted by molar-refractivity contribution is 6.22. The van der Waals surface area contributed by atoms with Gasteiger partial charge in [0.1, 0.15) is 0 Å². The molecule has 1 heterocycles. The molecule has 0 aliphatic carbocycles. The molecule has 0 spiro atoms. The first-order valence-electron chi connectivity index (χ1n) is 10.2. The van der Waals surface area contributed by atoms with Gasteiger partial charge in [-0.25, -0.2) is 4.79 Å². The van der Waals surface area contributed by atoms with Crippen LogP contribution in [-0.2, 0) is 9.53 Å². The van der Waals surface area contributed by atoms with Crippen molar-refractivity contribution in [1.82, 2.24) is 4.90 Å². The van der Waals surface area contributed by atoms with Gasteiger partial charge in [0.15, 0.2) is 6.61 Å². The molecule has 162 valence electrons. The number of imide groups is 1. The second-order valence-corrected chi connectivity index (χ2v) is 8.15. The zero-order valence-electron chi connectivity index (χ0n) is 18.2. The maximum Gasteiger partial charge on any atom is 0.338 e. The summed E-state index contributed by atoms with van der Waals surface area (Å²) in [5.74, 6) is -1.62. The van der Waals surface area contributed by atoms with Gasteiger partial charge in [-0.15, -0.1) is 0 Å². The second-order valence-electron chi connectivity index (χ2n) is 8.15. The molecule has 0 unspecified atom stereocenters. The number of hydrogen-bond acceptors (Lipinski definition) is 5. The van der Waals surface area contributed by atoms with Gasteiger partial charge in [-0.2, -0.15) is 0 Å². The van der Waals surface area contributed by atoms with Gasteiger partial charge in [0, 0.05) is 12.2 Å². The molecule has 0 saturated heterocycles. The van der Waals surface area contributed by atoms with Crippen LogP contribution in [0.2, 0.25) is 0 Å². The van der Waals surface area contributed by atoms with E-state index in [2.05, 4.69) is 5.32 Å². The van der Waals surface area contributed by atoms with Gasteiger partial charge in [-0.05, 0) is 61.6 Å². The third-order valence-corrected chi connectivity index (χ3v) is 5.14. The van der Waals surface area contributed by atoms with Crippen LogP contribution in [0.25, 0.3) is 0 Å². The van der Waals surface area contributed by atoms with E-state index in [0.717, 1.165) is 11.1 Å². The van der Waals surface area contributed by atoms with Gasteiger partial charge < -0.3 is 10.1 Å². The van der Waals surface area contributed by atoms with E-state index >= 15 is 0 Å². The molecule has 7 nitrogen and oxygen atoms in total. The van der Waals surface area contributed by atoms with Crippen LogP contribution in [0.3, 0.4) is 0 Å². The summed E-state index contributed by atoms with van der Waals surface area (Å²) in [6.07, 6.45) is 0.704. The molecule has 3 rings (SSSR count). The summed E-state index contributed by atoms with van der Waals surface area (Å²) in [6, 6.07) is 9.91. The number of carbonyl (C=O) groups is 4. The minimum absolute atomic E-state index is 0.116. The third-order valence-electron chi connectivity index (χ3n) is 5.14. The Morgan fingerprint density at radius 1 is 1.00 bits per heavy atom. The van der Waals surface area contributed by atoms with Gasteiger partial charge in [0.05, 0.1) is 16.7 Å². The Morgan fingerprint density at radius 2 is 1.71 bits per heavy atom. The lowest BCUT2D eigenvalue weighted by Crippen LogP contribution is -2.31. The van der Waals surface area contributed by atoms with Gasteiger partial charge in [-0.1, -0.05) is 26.0 Å². The van der Waals surface area contributed by atoms with Crippen LogP contribution in [0.5, 0.6) is 0 Å². The number of nitrogens with zero attached hydrogens (tertiary/aromatic N) is 1. The van der Waals surface area contributed by atoms with Crippen LogP contribution >= 0.6 is 0 Å². The summed E-state index contributed by atoms with van der Waals surface area (Å²) in [5, 5.41) is 2.72. The summed E-state index contributed by atoms with van der Waals surface area (Å²) >= 11 is 0. The summed E-state index contributed by atoms with van der Waals surface area (Å²) < 4.78 is 5.10. The first kappa shape index (κ1) is 22.2. The molecule has 3 amide bonds. The summed E-state index contributed by atoms with van der Waals surface area (Å²) in [5.41, 5.74) is 3.13. The molecule has 0 bridgehead atoms.